The molecule has 104 heavy (non-hydrogen) atoms. The molecule has 10 N–H and O–H groups in total. The predicted octanol–water partition coefficient (Wildman–Crippen LogP) is 19.1. The van der Waals surface area contributed by atoms with Gasteiger partial charge in [0.25, 0.3) is 0 Å². The molecule has 22 heteroatoms. The van der Waals surface area contributed by atoms with Gasteiger partial charge in [0.1, 0.15) is 11.5 Å². The summed E-state index contributed by atoms with van der Waals surface area (Å²) in [5, 5.41) is 73.1. The first-order valence-corrected chi connectivity index (χ1v) is 34.5. The van der Waals surface area contributed by atoms with Crippen LogP contribution in [0.2, 0.25) is 0 Å². The molecule has 0 unspecified atom stereocenters. The normalized spacial score (nSPS) is 12.1. The molecule has 0 aliphatic rings. The highest BCUT2D eigenvalue weighted by molar-refractivity contribution is 7.17. The van der Waals surface area contributed by atoms with Gasteiger partial charge in [0.05, 0.1) is 62.1 Å². The minimum atomic E-state index is 0.219. The Labute approximate surface area is 601 Å². The lowest BCUT2D eigenvalue weighted by atomic mass is 10.2. The van der Waals surface area contributed by atoms with Crippen LogP contribution in [0.5, 0.6) is 11.5 Å². The van der Waals surface area contributed by atoms with Gasteiger partial charge in [0.2, 0.25) is 0 Å². The van der Waals surface area contributed by atoms with Crippen molar-refractivity contribution in [3.8, 4) is 11.5 Å². The monoisotopic (exact) mass is 1400 g/mol. The van der Waals surface area contributed by atoms with Crippen molar-refractivity contribution in [3.05, 3.63) is 322 Å². The SMILES string of the molecule is C(=N\N=C\c1c[nH]c2ccccc12)/c1c[nH]c2ccccc12.C(=N\N=C\c1cc[nH]c1)/c1cc[nH]c1.C(=N\N=C\c1ccc2[nH]ccc2c1)/c1ccc2[nH]ccc2c1.C(=N\N=C\c1csc2ccccc12)/c1csc2ccccc12.Oc1ccc2c(/C=N/N=C/c3c[nH]c4cc(O)ccc34)c[nH]c2c1. The number of para-hydroxylation sites is 2. The molecule has 20 nitrogen and oxygen atoms in total. The number of aromatic nitrogens is 8. The topological polar surface area (TPSA) is 290 Å². The lowest BCUT2D eigenvalue weighted by Crippen LogP contribution is -1.82. The number of phenolic OH excluding ortho intramolecular Hbond substituents is 2. The van der Waals surface area contributed by atoms with E-state index in [1.54, 1.807) is 96.7 Å². The standard InChI is InChI=1S/C18H14N4O2.2C18H14N4.C18H12N2S2.C10H10N4/c23-13-1-3-15-11(7-19-17(15)5-13)9-21-22-10-12-8-20-18-6-14(24)2-4-16(12)18;1-3-17-15(5-7-19-17)9-13(1)11-21-22-12-14-2-4-18-16(10-14)6-8-20-18;1-3-7-17-15(5-1)13(9-19-17)11-21-22-12-14-10-20-18-8-4-2-6-16(14)18;1-3-7-17-15(5-1)13(11-21-17)9-19-20-10-14-12-22-18-8-4-2-6-16(14)18;1-3-11-5-9(1)7-13-14-8-10-2-4-12-6-10/h1-10,19-20,23-24H;2*1-12,19-20H;1-12H;1-8,11-12H/b21-9+,22-10+;2*21-11+,22-12+;19-9+,20-10+;13-7+,14-8+. The van der Waals surface area contributed by atoms with Gasteiger partial charge in [0, 0.05) is 204 Å². The molecule has 8 aromatic carbocycles. The second-order valence-corrected chi connectivity index (χ2v) is 25.1. The molecule has 10 heterocycles. The Bertz CT molecular complexity index is 5650. The predicted molar refractivity (Wildman–Crippen MR) is 434 cm³/mol. The van der Waals surface area contributed by atoms with E-state index >= 15 is 0 Å². The van der Waals surface area contributed by atoms with Crippen molar-refractivity contribution in [1.82, 2.24) is 39.9 Å². The molecule has 0 saturated heterocycles. The molecule has 0 radical (unpaired) electrons. The summed E-state index contributed by atoms with van der Waals surface area (Å²) in [6.45, 7) is 0. The maximum Gasteiger partial charge on any atom is 0.117 e. The van der Waals surface area contributed by atoms with Crippen LogP contribution in [0.3, 0.4) is 0 Å². The number of nitrogens with zero attached hydrogens (tertiary/aromatic N) is 10. The average Bonchev–Trinajstić information content (AvgIpc) is 1.72. The summed E-state index contributed by atoms with van der Waals surface area (Å²) in [4.78, 5) is 24.8. The molecular weight excluding hydrogens is 1330 g/mol. The first-order chi connectivity index (χ1) is 51.4. The zero-order chi connectivity index (χ0) is 70.5. The Morgan fingerprint density at radius 1 is 0.250 bits per heavy atom. The Morgan fingerprint density at radius 2 is 0.596 bits per heavy atom. The molecule has 18 rings (SSSR count). The van der Waals surface area contributed by atoms with Gasteiger partial charge in [-0.05, 0) is 119 Å². The van der Waals surface area contributed by atoms with Crippen molar-refractivity contribution in [2.24, 2.45) is 51.0 Å². The van der Waals surface area contributed by atoms with Crippen LogP contribution in [0.25, 0.3) is 85.6 Å². The number of phenols is 2. The number of nitrogens with one attached hydrogen (secondary N) is 8. The quantitative estimate of drug-likeness (QED) is 0.0354. The van der Waals surface area contributed by atoms with E-state index < -0.39 is 0 Å². The van der Waals surface area contributed by atoms with Crippen molar-refractivity contribution < 1.29 is 10.2 Å². The minimum absolute atomic E-state index is 0.219. The van der Waals surface area contributed by atoms with Gasteiger partial charge in [-0.15, -0.1) is 22.7 Å². The van der Waals surface area contributed by atoms with E-state index in [-0.39, 0.29) is 11.5 Å². The summed E-state index contributed by atoms with van der Waals surface area (Å²) in [7, 11) is 0. The summed E-state index contributed by atoms with van der Waals surface area (Å²) in [6, 6.07) is 63.4. The van der Waals surface area contributed by atoms with Crippen molar-refractivity contribution in [3.63, 3.8) is 0 Å². The van der Waals surface area contributed by atoms with Crippen LogP contribution in [-0.4, -0.2) is 112 Å². The highest BCUT2D eigenvalue weighted by Gasteiger charge is 2.07. The fourth-order valence-corrected chi connectivity index (χ4v) is 13.0. The Morgan fingerprint density at radius 3 is 1.00 bits per heavy atom. The third-order valence-electron chi connectivity index (χ3n) is 16.4. The van der Waals surface area contributed by atoms with Crippen LogP contribution >= 0.6 is 22.7 Å². The molecule has 0 aliphatic carbocycles. The van der Waals surface area contributed by atoms with Gasteiger partial charge in [-0.25, -0.2) is 0 Å². The van der Waals surface area contributed by atoms with Crippen LogP contribution in [0.15, 0.2) is 318 Å². The number of aromatic hydroxyl groups is 2. The van der Waals surface area contributed by atoms with Crippen LogP contribution in [0.4, 0.5) is 0 Å². The van der Waals surface area contributed by atoms with Gasteiger partial charge in [-0.2, -0.15) is 51.0 Å². The summed E-state index contributed by atoms with van der Waals surface area (Å²) in [6.07, 6.45) is 36.2. The first-order valence-electron chi connectivity index (χ1n) is 32.7. The number of benzene rings is 8. The van der Waals surface area contributed by atoms with Crippen LogP contribution in [-0.2, 0) is 0 Å². The zero-order valence-corrected chi connectivity index (χ0v) is 57.0. The Kier molecular flexibility index (Phi) is 21.3. The highest BCUT2D eigenvalue weighted by Crippen LogP contribution is 2.28. The van der Waals surface area contributed by atoms with Crippen molar-refractivity contribution >= 4 is 170 Å². The van der Waals surface area contributed by atoms with Crippen molar-refractivity contribution in [1.29, 1.82) is 0 Å². The summed E-state index contributed by atoms with van der Waals surface area (Å²) >= 11 is 3.46. The van der Waals surface area contributed by atoms with E-state index in [4.69, 9.17) is 0 Å². The smallest absolute Gasteiger partial charge is 0.117 e. The van der Waals surface area contributed by atoms with Gasteiger partial charge in [-0.3, -0.25) is 0 Å². The van der Waals surface area contributed by atoms with Crippen LogP contribution in [0, 0.1) is 0 Å². The second kappa shape index (κ2) is 33.1. The van der Waals surface area contributed by atoms with E-state index in [9.17, 15) is 10.2 Å². The number of rotatable bonds is 15. The average molecular weight is 1400 g/mol. The van der Waals surface area contributed by atoms with E-state index in [1.165, 1.54) is 30.9 Å². The van der Waals surface area contributed by atoms with E-state index in [0.717, 1.165) is 110 Å². The maximum atomic E-state index is 9.47. The van der Waals surface area contributed by atoms with Crippen LogP contribution < -0.4 is 0 Å². The molecule has 0 spiro atoms. The van der Waals surface area contributed by atoms with Gasteiger partial charge < -0.3 is 50.1 Å². The summed E-state index contributed by atoms with van der Waals surface area (Å²) in [5.74, 6) is 0.437. The number of H-pyrrole nitrogens is 8. The third-order valence-corrected chi connectivity index (χ3v) is 18.4. The lowest BCUT2D eigenvalue weighted by Gasteiger charge is -1.93. The third kappa shape index (κ3) is 17.1. The Hall–Kier alpha value is -14.2. The van der Waals surface area contributed by atoms with E-state index in [2.05, 4.69) is 162 Å². The van der Waals surface area contributed by atoms with Gasteiger partial charge in [-0.1, -0.05) is 84.9 Å². The fraction of sp³-hybridized carbons (Fsp3) is 0. The second-order valence-electron chi connectivity index (χ2n) is 23.3. The Balaban J connectivity index is 0.000000111. The molecular formula is C82H64N18O2S2. The van der Waals surface area contributed by atoms with E-state index in [0.29, 0.717) is 0 Å². The number of fused-ring (bicyclic) bond motifs is 8. The lowest BCUT2D eigenvalue weighted by molar-refractivity contribution is 0.475. The molecule has 0 amide bonds. The minimum Gasteiger partial charge on any atom is -0.508 e. The van der Waals surface area contributed by atoms with Crippen molar-refractivity contribution in [2.45, 2.75) is 0 Å². The highest BCUT2D eigenvalue weighted by atomic mass is 32.1. The molecule has 10 aromatic heterocycles. The molecule has 0 saturated carbocycles. The molecule has 506 valence electrons. The molecule has 0 atom stereocenters. The fourth-order valence-electron chi connectivity index (χ4n) is 11.2. The van der Waals surface area contributed by atoms with Crippen molar-refractivity contribution in [2.75, 3.05) is 0 Å². The summed E-state index contributed by atoms with van der Waals surface area (Å²) < 4.78 is 2.55. The van der Waals surface area contributed by atoms with E-state index in [1.807, 2.05) is 184 Å². The number of thiophene rings is 2. The van der Waals surface area contributed by atoms with Crippen LogP contribution in [0.1, 0.15) is 55.6 Å². The zero-order valence-electron chi connectivity index (χ0n) is 55.4. The maximum absolute atomic E-state index is 9.47. The van der Waals surface area contributed by atoms with Gasteiger partial charge >= 0.3 is 0 Å². The molecule has 18 aromatic rings. The number of hydrogen-bond acceptors (Lipinski definition) is 14. The first kappa shape index (κ1) is 67.0. The largest absolute Gasteiger partial charge is 0.508 e. The molecule has 0 bridgehead atoms. The molecule has 0 aliphatic heterocycles. The van der Waals surface area contributed by atoms with Gasteiger partial charge in [0.15, 0.2) is 0 Å². The summed E-state index contributed by atoms with van der Waals surface area (Å²) in [5.41, 5.74) is 16.3. The number of aromatic amines is 8. The number of hydrogen-bond donors (Lipinski definition) is 10. The molecule has 0 fully saturated rings.